The Hall–Kier alpha value is -1.26. The van der Waals surface area contributed by atoms with Crippen LogP contribution in [0.2, 0.25) is 0 Å². The molecular weight excluding hydrogens is 256 g/mol. The fourth-order valence-electron chi connectivity index (χ4n) is 2.60. The van der Waals surface area contributed by atoms with Gasteiger partial charge in [-0.1, -0.05) is 27.7 Å². The summed E-state index contributed by atoms with van der Waals surface area (Å²) in [4.78, 5) is 26.8. The predicted molar refractivity (Wildman–Crippen MR) is 78.6 cm³/mol. The van der Waals surface area contributed by atoms with Gasteiger partial charge in [0.2, 0.25) is 0 Å². The van der Waals surface area contributed by atoms with Crippen LogP contribution in [-0.2, 0) is 4.79 Å². The highest BCUT2D eigenvalue weighted by Crippen LogP contribution is 2.34. The molecule has 0 spiro atoms. The van der Waals surface area contributed by atoms with Gasteiger partial charge in [0, 0.05) is 19.1 Å². The van der Waals surface area contributed by atoms with Crippen LogP contribution in [0.25, 0.3) is 0 Å². The van der Waals surface area contributed by atoms with Crippen molar-refractivity contribution in [3.63, 3.8) is 0 Å². The average molecular weight is 284 g/mol. The molecule has 1 rings (SSSR count). The lowest BCUT2D eigenvalue weighted by atomic mass is 9.80. The minimum absolute atomic E-state index is 0.0488. The van der Waals surface area contributed by atoms with E-state index in [4.69, 9.17) is 5.11 Å². The van der Waals surface area contributed by atoms with Crippen molar-refractivity contribution in [1.82, 2.24) is 9.80 Å². The van der Waals surface area contributed by atoms with Gasteiger partial charge in [0.25, 0.3) is 0 Å². The Labute approximate surface area is 121 Å². The minimum Gasteiger partial charge on any atom is -0.480 e. The Balaban J connectivity index is 2.74. The molecule has 0 saturated carbocycles. The van der Waals surface area contributed by atoms with E-state index in [0.717, 1.165) is 25.9 Å². The molecule has 20 heavy (non-hydrogen) atoms. The van der Waals surface area contributed by atoms with Crippen molar-refractivity contribution in [2.45, 2.75) is 53.5 Å². The lowest BCUT2D eigenvalue weighted by Crippen LogP contribution is -2.48. The second-order valence-electron chi connectivity index (χ2n) is 6.86. The van der Waals surface area contributed by atoms with E-state index in [1.54, 1.807) is 0 Å². The Morgan fingerprint density at radius 2 is 2.00 bits per heavy atom. The molecule has 5 heteroatoms. The zero-order valence-electron chi connectivity index (χ0n) is 13.3. The van der Waals surface area contributed by atoms with Crippen molar-refractivity contribution >= 4 is 12.0 Å². The second kappa shape index (κ2) is 6.46. The van der Waals surface area contributed by atoms with Crippen LogP contribution in [0.4, 0.5) is 4.79 Å². The number of carboxylic acid groups (broad SMARTS) is 1. The molecule has 1 aliphatic rings. The largest absolute Gasteiger partial charge is 0.480 e. The molecule has 5 nitrogen and oxygen atoms in total. The summed E-state index contributed by atoms with van der Waals surface area (Å²) in [6.07, 6.45) is 1.76. The van der Waals surface area contributed by atoms with Gasteiger partial charge in [0.1, 0.15) is 6.54 Å². The number of nitrogens with zero attached hydrogens (tertiary/aromatic N) is 2. The van der Waals surface area contributed by atoms with Crippen molar-refractivity contribution in [2.24, 2.45) is 11.3 Å². The number of hydrogen-bond donors (Lipinski definition) is 1. The molecule has 116 valence electrons. The first kappa shape index (κ1) is 16.8. The molecule has 2 unspecified atom stereocenters. The first-order valence-corrected chi connectivity index (χ1v) is 7.44. The summed E-state index contributed by atoms with van der Waals surface area (Å²) in [7, 11) is 0. The average Bonchev–Trinajstić information content (AvgIpc) is 2.83. The van der Waals surface area contributed by atoms with Gasteiger partial charge in [-0.25, -0.2) is 4.79 Å². The monoisotopic (exact) mass is 284 g/mol. The number of aliphatic carboxylic acids is 1. The van der Waals surface area contributed by atoms with Crippen LogP contribution < -0.4 is 0 Å². The molecule has 0 radical (unpaired) electrons. The van der Waals surface area contributed by atoms with E-state index in [0.29, 0.717) is 5.92 Å². The highest BCUT2D eigenvalue weighted by Gasteiger charge is 2.36. The Kier molecular flexibility index (Phi) is 5.42. The fourth-order valence-corrected chi connectivity index (χ4v) is 2.60. The van der Waals surface area contributed by atoms with Crippen LogP contribution in [0.1, 0.15) is 47.5 Å². The lowest BCUT2D eigenvalue weighted by molar-refractivity contribution is -0.138. The molecule has 0 aromatic carbocycles. The van der Waals surface area contributed by atoms with Gasteiger partial charge in [0.05, 0.1) is 0 Å². The van der Waals surface area contributed by atoms with E-state index in [2.05, 4.69) is 20.8 Å². The molecule has 1 N–H and O–H groups in total. The van der Waals surface area contributed by atoms with E-state index in [1.807, 2.05) is 18.7 Å². The third kappa shape index (κ3) is 4.12. The van der Waals surface area contributed by atoms with Crippen molar-refractivity contribution in [1.29, 1.82) is 0 Å². The zero-order chi connectivity index (χ0) is 15.5. The number of amides is 2. The van der Waals surface area contributed by atoms with Gasteiger partial charge in [-0.3, -0.25) is 4.79 Å². The first-order valence-electron chi connectivity index (χ1n) is 7.44. The SMILES string of the molecule is CCC(C)N(CC(=O)O)C(=O)N1CCC(C(C)(C)C)C1. The Morgan fingerprint density at radius 3 is 2.40 bits per heavy atom. The number of carbonyl (C=O) groups is 2. The maximum absolute atomic E-state index is 12.5. The van der Waals surface area contributed by atoms with Crippen LogP contribution in [-0.4, -0.2) is 52.6 Å². The molecule has 0 aliphatic carbocycles. The summed E-state index contributed by atoms with van der Waals surface area (Å²) in [5.74, 6) is -0.472. The molecule has 1 heterocycles. The second-order valence-corrected chi connectivity index (χ2v) is 6.86. The van der Waals surface area contributed by atoms with Gasteiger partial charge in [0.15, 0.2) is 0 Å². The minimum atomic E-state index is -0.954. The maximum atomic E-state index is 12.5. The molecule has 1 saturated heterocycles. The van der Waals surface area contributed by atoms with Crippen LogP contribution in [0.15, 0.2) is 0 Å². The molecule has 1 fully saturated rings. The number of hydrogen-bond acceptors (Lipinski definition) is 2. The maximum Gasteiger partial charge on any atom is 0.323 e. The van der Waals surface area contributed by atoms with E-state index < -0.39 is 5.97 Å². The number of urea groups is 1. The van der Waals surface area contributed by atoms with E-state index >= 15 is 0 Å². The topological polar surface area (TPSA) is 60.9 Å². The molecule has 0 aromatic heterocycles. The summed E-state index contributed by atoms with van der Waals surface area (Å²) in [5, 5.41) is 8.99. The summed E-state index contributed by atoms with van der Waals surface area (Å²) >= 11 is 0. The van der Waals surface area contributed by atoms with Crippen LogP contribution in [0.5, 0.6) is 0 Å². The van der Waals surface area contributed by atoms with E-state index in [1.165, 1.54) is 4.90 Å². The molecular formula is C15H28N2O3. The first-order chi connectivity index (χ1) is 9.16. The number of likely N-dealkylation sites (tertiary alicyclic amines) is 1. The van der Waals surface area contributed by atoms with Gasteiger partial charge in [-0.15, -0.1) is 0 Å². The number of carbonyl (C=O) groups excluding carboxylic acids is 1. The van der Waals surface area contributed by atoms with Crippen molar-refractivity contribution in [3.05, 3.63) is 0 Å². The van der Waals surface area contributed by atoms with Crippen molar-refractivity contribution in [2.75, 3.05) is 19.6 Å². The standard InChI is InChI=1S/C15H28N2O3/c1-6-11(2)17(10-13(18)19)14(20)16-8-7-12(9-16)15(3,4)5/h11-12H,6-10H2,1-5H3,(H,18,19). The third-order valence-corrected chi connectivity index (χ3v) is 4.36. The summed E-state index contributed by atoms with van der Waals surface area (Å²) in [6.45, 7) is 11.7. The van der Waals surface area contributed by atoms with Gasteiger partial charge < -0.3 is 14.9 Å². The lowest BCUT2D eigenvalue weighted by Gasteiger charge is -2.32. The zero-order valence-corrected chi connectivity index (χ0v) is 13.3. The smallest absolute Gasteiger partial charge is 0.323 e. The normalized spacial score (nSPS) is 20.9. The van der Waals surface area contributed by atoms with Crippen molar-refractivity contribution < 1.29 is 14.7 Å². The highest BCUT2D eigenvalue weighted by molar-refractivity contribution is 5.80. The third-order valence-electron chi connectivity index (χ3n) is 4.36. The van der Waals surface area contributed by atoms with Crippen LogP contribution >= 0.6 is 0 Å². The van der Waals surface area contributed by atoms with Gasteiger partial charge >= 0.3 is 12.0 Å². The summed E-state index contributed by atoms with van der Waals surface area (Å²) in [5.41, 5.74) is 0.184. The molecule has 0 bridgehead atoms. The number of rotatable bonds is 4. The Bertz CT molecular complexity index is 363. The highest BCUT2D eigenvalue weighted by atomic mass is 16.4. The summed E-state index contributed by atoms with van der Waals surface area (Å²) in [6, 6.07) is -0.180. The van der Waals surface area contributed by atoms with Crippen LogP contribution in [0, 0.1) is 11.3 Å². The molecule has 2 atom stereocenters. The molecule has 1 aliphatic heterocycles. The van der Waals surface area contributed by atoms with Gasteiger partial charge in [-0.2, -0.15) is 0 Å². The van der Waals surface area contributed by atoms with Crippen molar-refractivity contribution in [3.8, 4) is 0 Å². The van der Waals surface area contributed by atoms with Gasteiger partial charge in [-0.05, 0) is 31.1 Å². The quantitative estimate of drug-likeness (QED) is 0.863. The fraction of sp³-hybridized carbons (Fsp3) is 0.867. The predicted octanol–water partition coefficient (Wildman–Crippen LogP) is 2.66. The summed E-state index contributed by atoms with van der Waals surface area (Å²) < 4.78 is 0. The molecule has 2 amide bonds. The number of carboxylic acids is 1. The van der Waals surface area contributed by atoms with E-state index in [9.17, 15) is 9.59 Å². The Morgan fingerprint density at radius 1 is 1.40 bits per heavy atom. The van der Waals surface area contributed by atoms with E-state index in [-0.39, 0.29) is 24.0 Å². The van der Waals surface area contributed by atoms with Crippen LogP contribution in [0.3, 0.4) is 0 Å². The molecule has 0 aromatic rings.